The molecule has 1 unspecified atom stereocenters. The van der Waals surface area contributed by atoms with Gasteiger partial charge in [0.05, 0.1) is 13.1 Å². The topological polar surface area (TPSA) is 85.4 Å². The molecule has 2 fully saturated rings. The molecule has 4 amide bonds. The van der Waals surface area contributed by atoms with Crippen LogP contribution in [0.1, 0.15) is 48.6 Å². The first-order valence-corrected chi connectivity index (χ1v) is 14.7. The number of nitrogens with one attached hydrogen (secondary N) is 1. The molecule has 0 bridgehead atoms. The summed E-state index contributed by atoms with van der Waals surface area (Å²) in [5, 5.41) is 6.51. The van der Waals surface area contributed by atoms with Gasteiger partial charge >= 0.3 is 6.03 Å². The molecule has 1 N–H and O–H groups in total. The van der Waals surface area contributed by atoms with E-state index in [-0.39, 0.29) is 37.0 Å². The molecule has 9 heteroatoms. The van der Waals surface area contributed by atoms with Crippen LogP contribution in [0, 0.1) is 0 Å². The second kappa shape index (κ2) is 11.9. The van der Waals surface area contributed by atoms with E-state index < -0.39 is 12.2 Å². The van der Waals surface area contributed by atoms with Gasteiger partial charge in [0, 0.05) is 31.6 Å². The number of rotatable bonds is 8. The number of fused-ring (bicyclic) bond motifs is 2. The van der Waals surface area contributed by atoms with E-state index >= 15 is 0 Å². The zero-order valence-electron chi connectivity index (χ0n) is 24.1. The maximum absolute atomic E-state index is 14.2. The summed E-state index contributed by atoms with van der Waals surface area (Å²) in [7, 11) is 0. The Morgan fingerprint density at radius 3 is 2.48 bits per heavy atom. The van der Waals surface area contributed by atoms with E-state index in [4.69, 9.17) is 4.74 Å². The standard InChI is InChI=1S/C33H37N5O4/c1-3-17-36(33(41)34-19-24-11-6-4-7-12-24)37-22-29(39)38-28(37)21-35(32(40)30(38)25-13-8-5-9-14-25)20-27-16-10-15-26-18-23(2)42-31(26)27/h4-16,23,28,30H,3,17-22H2,1-2H3,(H,34,41)/t23?,28-,30+/m1/s1. The first-order valence-electron chi connectivity index (χ1n) is 14.7. The maximum Gasteiger partial charge on any atom is 0.332 e. The van der Waals surface area contributed by atoms with E-state index in [1.165, 1.54) is 0 Å². The molecule has 0 spiro atoms. The summed E-state index contributed by atoms with van der Waals surface area (Å²) in [6, 6.07) is 24.2. The summed E-state index contributed by atoms with van der Waals surface area (Å²) in [6.07, 6.45) is 1.15. The zero-order chi connectivity index (χ0) is 29.2. The molecule has 6 rings (SSSR count). The Hall–Kier alpha value is -4.37. The summed E-state index contributed by atoms with van der Waals surface area (Å²) in [4.78, 5) is 44.9. The number of benzene rings is 3. The van der Waals surface area contributed by atoms with Crippen molar-refractivity contribution < 1.29 is 19.1 Å². The van der Waals surface area contributed by atoms with Crippen molar-refractivity contribution in [2.24, 2.45) is 0 Å². The quantitative estimate of drug-likeness (QED) is 0.443. The van der Waals surface area contributed by atoms with E-state index in [0.29, 0.717) is 26.1 Å². The van der Waals surface area contributed by atoms with Gasteiger partial charge in [0.15, 0.2) is 0 Å². The smallest absolute Gasteiger partial charge is 0.332 e. The summed E-state index contributed by atoms with van der Waals surface area (Å²) in [5.74, 6) is 0.548. The molecule has 9 nitrogen and oxygen atoms in total. The van der Waals surface area contributed by atoms with Crippen molar-refractivity contribution >= 4 is 17.8 Å². The lowest BCUT2D eigenvalue weighted by molar-refractivity contribution is -0.158. The van der Waals surface area contributed by atoms with Gasteiger partial charge in [0.2, 0.25) is 5.91 Å². The number of hydrazine groups is 1. The highest BCUT2D eigenvalue weighted by atomic mass is 16.5. The van der Waals surface area contributed by atoms with Gasteiger partial charge in [0.25, 0.3) is 5.91 Å². The fraction of sp³-hybridized carbons (Fsp3) is 0.364. The van der Waals surface area contributed by atoms with E-state index in [1.807, 2.05) is 96.6 Å². The predicted molar refractivity (Wildman–Crippen MR) is 158 cm³/mol. The molecule has 3 heterocycles. The van der Waals surface area contributed by atoms with Crippen molar-refractivity contribution in [3.8, 4) is 5.75 Å². The van der Waals surface area contributed by atoms with Crippen LogP contribution < -0.4 is 10.1 Å². The zero-order valence-corrected chi connectivity index (χ0v) is 24.1. The van der Waals surface area contributed by atoms with Crippen LogP contribution in [0.15, 0.2) is 78.9 Å². The van der Waals surface area contributed by atoms with E-state index in [0.717, 1.165) is 34.4 Å². The van der Waals surface area contributed by atoms with Crippen molar-refractivity contribution in [3.63, 3.8) is 0 Å². The van der Waals surface area contributed by atoms with E-state index in [2.05, 4.69) is 11.4 Å². The van der Waals surface area contributed by atoms with Gasteiger partial charge in [0.1, 0.15) is 24.1 Å². The number of urea groups is 1. The molecule has 218 valence electrons. The Balaban J connectivity index is 1.31. The number of carbonyl (C=O) groups excluding carboxylic acids is 3. The molecular weight excluding hydrogens is 530 g/mol. The van der Waals surface area contributed by atoms with Crippen LogP contribution in [-0.4, -0.2) is 69.6 Å². The van der Waals surface area contributed by atoms with Crippen LogP contribution in [0.5, 0.6) is 5.75 Å². The Kier molecular flexibility index (Phi) is 7.84. The van der Waals surface area contributed by atoms with Crippen LogP contribution >= 0.6 is 0 Å². The molecule has 2 saturated heterocycles. The average molecular weight is 568 g/mol. The lowest BCUT2D eigenvalue weighted by atomic mass is 9.99. The third kappa shape index (κ3) is 5.32. The minimum absolute atomic E-state index is 0.0231. The number of carbonyl (C=O) groups is 3. The monoisotopic (exact) mass is 567 g/mol. The third-order valence-electron chi connectivity index (χ3n) is 8.21. The van der Waals surface area contributed by atoms with Gasteiger partial charge in [-0.05, 0) is 30.0 Å². The van der Waals surface area contributed by atoms with E-state index in [1.54, 1.807) is 9.91 Å². The van der Waals surface area contributed by atoms with Crippen LogP contribution in [-0.2, 0) is 29.1 Å². The van der Waals surface area contributed by atoms with Crippen LogP contribution in [0.3, 0.4) is 0 Å². The van der Waals surface area contributed by atoms with Crippen LogP contribution in [0.25, 0.3) is 0 Å². The number of amides is 4. The molecular formula is C33H37N5O4. The van der Waals surface area contributed by atoms with Crippen LogP contribution in [0.2, 0.25) is 0 Å². The Morgan fingerprint density at radius 2 is 1.74 bits per heavy atom. The number of hydrogen-bond acceptors (Lipinski definition) is 5. The number of para-hydroxylation sites is 1. The SMILES string of the molecule is CCCN(C(=O)NCc1ccccc1)N1CC(=O)N2[C@@H](c3ccccc3)C(=O)N(Cc3cccc4c3OC(C)C4)C[C@@H]21. The Morgan fingerprint density at radius 1 is 1.00 bits per heavy atom. The molecule has 3 aliphatic heterocycles. The minimum atomic E-state index is -0.782. The average Bonchev–Trinajstić information content (AvgIpc) is 3.55. The van der Waals surface area contributed by atoms with Gasteiger partial charge in [-0.15, -0.1) is 0 Å². The Bertz CT molecular complexity index is 1450. The highest BCUT2D eigenvalue weighted by Gasteiger charge is 2.52. The van der Waals surface area contributed by atoms with Crippen molar-refractivity contribution in [2.75, 3.05) is 19.6 Å². The molecule has 3 aromatic rings. The number of nitrogens with zero attached hydrogens (tertiary/aromatic N) is 4. The van der Waals surface area contributed by atoms with Gasteiger partial charge in [-0.2, -0.15) is 5.01 Å². The highest BCUT2D eigenvalue weighted by Crippen LogP contribution is 2.38. The fourth-order valence-corrected chi connectivity index (χ4v) is 6.30. The molecule has 0 aliphatic carbocycles. The van der Waals surface area contributed by atoms with Crippen molar-refractivity contribution in [1.82, 2.24) is 25.1 Å². The second-order valence-electron chi connectivity index (χ2n) is 11.2. The first kappa shape index (κ1) is 27.8. The Labute approximate surface area is 246 Å². The van der Waals surface area contributed by atoms with Gasteiger partial charge in [-0.3, -0.25) is 14.6 Å². The molecule has 0 saturated carbocycles. The normalized spacial score (nSPS) is 21.6. The van der Waals surface area contributed by atoms with Crippen LogP contribution in [0.4, 0.5) is 4.79 Å². The fourth-order valence-electron chi connectivity index (χ4n) is 6.30. The lowest BCUT2D eigenvalue weighted by Gasteiger charge is -2.46. The molecule has 0 radical (unpaired) electrons. The largest absolute Gasteiger partial charge is 0.490 e. The second-order valence-corrected chi connectivity index (χ2v) is 11.2. The van der Waals surface area contributed by atoms with Crippen molar-refractivity contribution in [1.29, 1.82) is 0 Å². The summed E-state index contributed by atoms with van der Waals surface area (Å²) < 4.78 is 6.14. The van der Waals surface area contributed by atoms with Gasteiger partial charge in [-0.25, -0.2) is 4.79 Å². The predicted octanol–water partition coefficient (Wildman–Crippen LogP) is 4.10. The lowest BCUT2D eigenvalue weighted by Crippen LogP contribution is -2.62. The summed E-state index contributed by atoms with van der Waals surface area (Å²) in [6.45, 7) is 5.54. The number of ether oxygens (including phenoxy) is 1. The number of hydrogen-bond donors (Lipinski definition) is 1. The molecule has 0 aromatic heterocycles. The van der Waals surface area contributed by atoms with E-state index in [9.17, 15) is 14.4 Å². The highest BCUT2D eigenvalue weighted by molar-refractivity contribution is 5.92. The third-order valence-corrected chi connectivity index (χ3v) is 8.21. The maximum atomic E-state index is 14.2. The van der Waals surface area contributed by atoms with Gasteiger partial charge < -0.3 is 19.9 Å². The summed E-state index contributed by atoms with van der Waals surface area (Å²) >= 11 is 0. The van der Waals surface area contributed by atoms with Gasteiger partial charge in [-0.1, -0.05) is 85.8 Å². The first-order chi connectivity index (χ1) is 20.4. The molecule has 3 atom stereocenters. The van der Waals surface area contributed by atoms with Crippen molar-refractivity contribution in [3.05, 3.63) is 101 Å². The van der Waals surface area contributed by atoms with Crippen molar-refractivity contribution in [2.45, 2.75) is 58.1 Å². The molecule has 3 aliphatic rings. The molecule has 42 heavy (non-hydrogen) atoms. The minimum Gasteiger partial charge on any atom is -0.490 e. The number of piperazine rings is 1. The summed E-state index contributed by atoms with van der Waals surface area (Å²) in [5.41, 5.74) is 3.85. The molecule has 3 aromatic carbocycles.